The van der Waals surface area contributed by atoms with Crippen LogP contribution in [0.3, 0.4) is 0 Å². The molecule has 0 unspecified atom stereocenters. The van der Waals surface area contributed by atoms with Gasteiger partial charge in [-0.2, -0.15) is 0 Å². The van der Waals surface area contributed by atoms with Crippen LogP contribution in [0.2, 0.25) is 19.6 Å². The summed E-state index contributed by atoms with van der Waals surface area (Å²) in [7, 11) is -1.76. The highest BCUT2D eigenvalue weighted by atomic mass is 28.4. The van der Waals surface area contributed by atoms with Crippen LogP contribution in [-0.2, 0) is 4.43 Å². The predicted octanol–water partition coefficient (Wildman–Crippen LogP) is 6.21. The molecular formula is C20H25FOSi. The van der Waals surface area contributed by atoms with Crippen molar-refractivity contribution in [2.75, 3.05) is 0 Å². The van der Waals surface area contributed by atoms with Crippen molar-refractivity contribution in [1.82, 2.24) is 0 Å². The van der Waals surface area contributed by atoms with Crippen LogP contribution in [0.4, 0.5) is 4.39 Å². The molecule has 0 saturated heterocycles. The first-order valence-corrected chi connectivity index (χ1v) is 11.5. The lowest BCUT2D eigenvalue weighted by Gasteiger charge is -2.24. The summed E-state index contributed by atoms with van der Waals surface area (Å²) < 4.78 is 19.5. The van der Waals surface area contributed by atoms with E-state index in [1.165, 1.54) is 17.7 Å². The third-order valence-electron chi connectivity index (χ3n) is 3.56. The molecule has 2 aromatic rings. The summed E-state index contributed by atoms with van der Waals surface area (Å²) in [5.74, 6) is 0.920. The molecule has 0 aliphatic heterocycles. The van der Waals surface area contributed by atoms with Crippen molar-refractivity contribution in [2.45, 2.75) is 38.9 Å². The van der Waals surface area contributed by atoms with Gasteiger partial charge in [-0.05, 0) is 62.0 Å². The second-order valence-electron chi connectivity index (χ2n) is 6.68. The summed E-state index contributed by atoms with van der Waals surface area (Å²) in [4.78, 5) is 0. The Hall–Kier alpha value is -1.87. The highest BCUT2D eigenvalue weighted by Gasteiger charge is 2.20. The van der Waals surface area contributed by atoms with Gasteiger partial charge in [-0.25, -0.2) is 4.39 Å². The van der Waals surface area contributed by atoms with Gasteiger partial charge < -0.3 is 4.43 Å². The Bertz CT molecular complexity index is 642. The van der Waals surface area contributed by atoms with Gasteiger partial charge in [-0.1, -0.05) is 37.3 Å². The smallest absolute Gasteiger partial charge is 0.242 e. The van der Waals surface area contributed by atoms with E-state index in [9.17, 15) is 4.39 Å². The van der Waals surface area contributed by atoms with E-state index in [0.29, 0.717) is 0 Å². The van der Waals surface area contributed by atoms with E-state index in [-0.39, 0.29) is 11.7 Å². The molecule has 0 heterocycles. The first-order chi connectivity index (χ1) is 10.9. The zero-order valence-electron chi connectivity index (χ0n) is 14.3. The molecule has 0 N–H and O–H groups in total. The molecular weight excluding hydrogens is 303 g/mol. The quantitative estimate of drug-likeness (QED) is 0.452. The lowest BCUT2D eigenvalue weighted by atomic mass is 9.95. The molecule has 0 aromatic heterocycles. The SMILES string of the molecule is CC[C@@H](/C=C(\O[Si](C)(C)C)c1ccc(F)cc1)c1ccccc1. The van der Waals surface area contributed by atoms with E-state index in [1.807, 2.05) is 6.07 Å². The summed E-state index contributed by atoms with van der Waals surface area (Å²) in [6, 6.07) is 17.0. The van der Waals surface area contributed by atoms with E-state index in [2.05, 4.69) is 56.9 Å². The molecule has 2 rings (SSSR count). The second kappa shape index (κ2) is 7.60. The van der Waals surface area contributed by atoms with Crippen molar-refractivity contribution >= 4 is 14.1 Å². The molecule has 122 valence electrons. The van der Waals surface area contributed by atoms with Crippen LogP contribution in [0.25, 0.3) is 5.76 Å². The van der Waals surface area contributed by atoms with Crippen LogP contribution >= 0.6 is 0 Å². The number of halogens is 1. The van der Waals surface area contributed by atoms with Crippen LogP contribution in [0.1, 0.15) is 30.4 Å². The van der Waals surface area contributed by atoms with Crippen LogP contribution in [-0.4, -0.2) is 8.32 Å². The van der Waals surface area contributed by atoms with E-state index < -0.39 is 8.32 Å². The Kier molecular flexibility index (Phi) is 5.78. The molecule has 0 aliphatic carbocycles. The highest BCUT2D eigenvalue weighted by Crippen LogP contribution is 2.29. The van der Waals surface area contributed by atoms with Crippen molar-refractivity contribution in [3.8, 4) is 0 Å². The average molecular weight is 329 g/mol. The lowest BCUT2D eigenvalue weighted by molar-refractivity contribution is 0.509. The van der Waals surface area contributed by atoms with E-state index in [1.54, 1.807) is 12.1 Å². The molecule has 23 heavy (non-hydrogen) atoms. The third kappa shape index (κ3) is 5.36. The van der Waals surface area contributed by atoms with Crippen LogP contribution in [0, 0.1) is 5.82 Å². The minimum absolute atomic E-state index is 0.226. The van der Waals surface area contributed by atoms with Gasteiger partial charge in [0.2, 0.25) is 8.32 Å². The summed E-state index contributed by atoms with van der Waals surface area (Å²) in [5.41, 5.74) is 2.21. The van der Waals surface area contributed by atoms with Gasteiger partial charge in [0.25, 0.3) is 0 Å². The Morgan fingerprint density at radius 1 is 1.04 bits per heavy atom. The summed E-state index contributed by atoms with van der Waals surface area (Å²) in [6.45, 7) is 8.65. The molecule has 0 amide bonds. The van der Waals surface area contributed by atoms with Crippen LogP contribution < -0.4 is 0 Å². The van der Waals surface area contributed by atoms with Crippen molar-refractivity contribution < 1.29 is 8.82 Å². The van der Waals surface area contributed by atoms with Gasteiger partial charge >= 0.3 is 0 Å². The fourth-order valence-corrected chi connectivity index (χ4v) is 3.31. The zero-order valence-corrected chi connectivity index (χ0v) is 15.3. The van der Waals surface area contributed by atoms with E-state index >= 15 is 0 Å². The summed E-state index contributed by atoms with van der Waals surface area (Å²) in [6.07, 6.45) is 3.17. The third-order valence-corrected chi connectivity index (χ3v) is 4.40. The molecule has 0 aliphatic rings. The minimum atomic E-state index is -1.76. The zero-order chi connectivity index (χ0) is 16.9. The largest absolute Gasteiger partial charge is 0.544 e. The Morgan fingerprint density at radius 2 is 1.65 bits per heavy atom. The molecule has 0 radical (unpaired) electrons. The molecule has 0 saturated carbocycles. The van der Waals surface area contributed by atoms with Crippen molar-refractivity contribution in [3.05, 3.63) is 77.6 Å². The summed E-state index contributed by atoms with van der Waals surface area (Å²) >= 11 is 0. The second-order valence-corrected chi connectivity index (χ2v) is 11.1. The van der Waals surface area contributed by atoms with Crippen LogP contribution in [0.15, 0.2) is 60.7 Å². The lowest BCUT2D eigenvalue weighted by Crippen LogP contribution is -2.24. The maximum atomic E-state index is 13.2. The normalized spacial score (nSPS) is 13.7. The van der Waals surface area contributed by atoms with Gasteiger partial charge in [0.05, 0.1) is 0 Å². The number of rotatable bonds is 6. The molecule has 0 spiro atoms. The highest BCUT2D eigenvalue weighted by molar-refractivity contribution is 6.70. The average Bonchev–Trinajstić information content (AvgIpc) is 2.52. The van der Waals surface area contributed by atoms with Gasteiger partial charge in [0.1, 0.15) is 11.6 Å². The van der Waals surface area contributed by atoms with Gasteiger partial charge in [0.15, 0.2) is 0 Å². The fraction of sp³-hybridized carbons (Fsp3) is 0.300. The molecule has 3 heteroatoms. The topological polar surface area (TPSA) is 9.23 Å². The van der Waals surface area contributed by atoms with Gasteiger partial charge in [-0.3, -0.25) is 0 Å². The molecule has 1 nitrogen and oxygen atoms in total. The first-order valence-electron chi connectivity index (χ1n) is 8.11. The van der Waals surface area contributed by atoms with E-state index in [4.69, 9.17) is 4.43 Å². The van der Waals surface area contributed by atoms with Crippen molar-refractivity contribution in [3.63, 3.8) is 0 Å². The van der Waals surface area contributed by atoms with Crippen molar-refractivity contribution in [2.24, 2.45) is 0 Å². The maximum Gasteiger partial charge on any atom is 0.242 e. The molecule has 0 fully saturated rings. The fourth-order valence-electron chi connectivity index (χ4n) is 2.47. The number of allylic oxidation sites excluding steroid dienone is 1. The standard InChI is InChI=1S/C20H25FOSi/c1-5-16(17-9-7-6-8-10-17)15-20(22-23(2,3)4)18-11-13-19(21)14-12-18/h6-16H,5H2,1-4H3/b20-15-/t16-/m0/s1. The Balaban J connectivity index is 2.40. The van der Waals surface area contributed by atoms with Gasteiger partial charge in [0, 0.05) is 11.5 Å². The number of hydrogen-bond donors (Lipinski definition) is 0. The predicted molar refractivity (Wildman–Crippen MR) is 98.3 cm³/mol. The molecule has 0 bridgehead atoms. The Labute approximate surface area is 140 Å². The van der Waals surface area contributed by atoms with Crippen molar-refractivity contribution in [1.29, 1.82) is 0 Å². The van der Waals surface area contributed by atoms with Gasteiger partial charge in [-0.15, -0.1) is 0 Å². The number of hydrogen-bond acceptors (Lipinski definition) is 1. The monoisotopic (exact) mass is 328 g/mol. The number of benzene rings is 2. The molecule has 1 atom stereocenters. The van der Waals surface area contributed by atoms with E-state index in [0.717, 1.165) is 17.7 Å². The summed E-state index contributed by atoms with van der Waals surface area (Å²) in [5, 5.41) is 0. The minimum Gasteiger partial charge on any atom is -0.544 e. The maximum absolute atomic E-state index is 13.2. The van der Waals surface area contributed by atoms with Crippen LogP contribution in [0.5, 0.6) is 0 Å². The Morgan fingerprint density at radius 3 is 2.17 bits per heavy atom. The first kappa shape index (κ1) is 17.5. The molecule has 2 aromatic carbocycles.